The van der Waals surface area contributed by atoms with Gasteiger partial charge >= 0.3 is 0 Å². The molecule has 0 saturated carbocycles. The molecule has 0 fully saturated rings. The van der Waals surface area contributed by atoms with Crippen molar-refractivity contribution in [1.82, 2.24) is 5.32 Å². The molecule has 2 nitrogen and oxygen atoms in total. The molecule has 0 bridgehead atoms. The Balaban J connectivity index is 3.21. The largest absolute Gasteiger partial charge is 0.376 e. The van der Waals surface area contributed by atoms with E-state index in [0.717, 1.165) is 19.4 Å². The van der Waals surface area contributed by atoms with Gasteiger partial charge in [-0.25, -0.2) is 8.78 Å². The highest BCUT2D eigenvalue weighted by Crippen LogP contribution is 2.35. The van der Waals surface area contributed by atoms with Gasteiger partial charge in [0.05, 0.1) is 11.6 Å². The summed E-state index contributed by atoms with van der Waals surface area (Å²) in [5, 5.41) is 3.33. The highest BCUT2D eigenvalue weighted by Gasteiger charge is 2.36. The van der Waals surface area contributed by atoms with Crippen molar-refractivity contribution in [3.8, 4) is 0 Å². The van der Waals surface area contributed by atoms with E-state index in [2.05, 4.69) is 5.32 Å². The fraction of sp³-hybridized carbons (Fsp3) is 0.600. The third-order valence-electron chi connectivity index (χ3n) is 3.81. The minimum Gasteiger partial charge on any atom is -0.376 e. The summed E-state index contributed by atoms with van der Waals surface area (Å²) in [5.74, 6) is -1.65. The van der Waals surface area contributed by atoms with Crippen molar-refractivity contribution in [2.24, 2.45) is 0 Å². The van der Waals surface area contributed by atoms with Crippen molar-refractivity contribution in [2.75, 3.05) is 13.7 Å². The molecule has 108 valence electrons. The lowest BCUT2D eigenvalue weighted by molar-refractivity contribution is -0.0483. The Labute approximate surface area is 114 Å². The Morgan fingerprint density at radius 3 is 2.21 bits per heavy atom. The molecule has 0 aliphatic rings. The molecule has 1 aromatic carbocycles. The highest BCUT2D eigenvalue weighted by molar-refractivity contribution is 5.24. The summed E-state index contributed by atoms with van der Waals surface area (Å²) in [4.78, 5) is 0. The molecule has 0 radical (unpaired) electrons. The Bertz CT molecular complexity index is 397. The number of ether oxygens (including phenoxy) is 1. The first-order valence-electron chi connectivity index (χ1n) is 6.78. The van der Waals surface area contributed by atoms with Crippen molar-refractivity contribution in [1.29, 1.82) is 0 Å². The van der Waals surface area contributed by atoms with Gasteiger partial charge in [0.25, 0.3) is 0 Å². The fourth-order valence-corrected chi connectivity index (χ4v) is 2.57. The third-order valence-corrected chi connectivity index (χ3v) is 3.81. The number of halogens is 2. The second-order valence-electron chi connectivity index (χ2n) is 4.64. The standard InChI is InChI=1S/C15H23F2NO/c1-5-15(6-2,19-4)14(18-7-3)11-8-9-12(16)13(17)10-11/h8-10,14,18H,5-7H2,1-4H3. The lowest BCUT2D eigenvalue weighted by Crippen LogP contribution is -2.44. The van der Waals surface area contributed by atoms with Crippen molar-refractivity contribution >= 4 is 0 Å². The molecule has 0 saturated heterocycles. The number of benzene rings is 1. The molecule has 1 aromatic rings. The summed E-state index contributed by atoms with van der Waals surface area (Å²) in [6.07, 6.45) is 1.58. The molecule has 1 unspecified atom stereocenters. The number of methoxy groups -OCH3 is 1. The number of hydrogen-bond donors (Lipinski definition) is 1. The van der Waals surface area contributed by atoms with Crippen molar-refractivity contribution < 1.29 is 13.5 Å². The Morgan fingerprint density at radius 1 is 1.16 bits per heavy atom. The van der Waals surface area contributed by atoms with Crippen LogP contribution in [0.5, 0.6) is 0 Å². The van der Waals surface area contributed by atoms with E-state index in [4.69, 9.17) is 4.74 Å². The maximum Gasteiger partial charge on any atom is 0.159 e. The monoisotopic (exact) mass is 271 g/mol. The van der Waals surface area contributed by atoms with Gasteiger partial charge in [-0.2, -0.15) is 0 Å². The van der Waals surface area contributed by atoms with Crippen LogP contribution in [0.2, 0.25) is 0 Å². The zero-order valence-corrected chi connectivity index (χ0v) is 12.1. The summed E-state index contributed by atoms with van der Waals surface area (Å²) in [6, 6.07) is 3.88. The van der Waals surface area contributed by atoms with Gasteiger partial charge in [0.1, 0.15) is 0 Å². The van der Waals surface area contributed by atoms with Gasteiger partial charge in [-0.15, -0.1) is 0 Å². The summed E-state index contributed by atoms with van der Waals surface area (Å²) in [6.45, 7) is 6.79. The van der Waals surface area contributed by atoms with Crippen LogP contribution < -0.4 is 5.32 Å². The van der Waals surface area contributed by atoms with Crippen LogP contribution in [-0.4, -0.2) is 19.3 Å². The highest BCUT2D eigenvalue weighted by atomic mass is 19.2. The second kappa shape index (κ2) is 6.96. The van der Waals surface area contributed by atoms with E-state index >= 15 is 0 Å². The summed E-state index contributed by atoms with van der Waals surface area (Å²) in [5.41, 5.74) is 0.298. The average Bonchev–Trinajstić information content (AvgIpc) is 2.43. The van der Waals surface area contributed by atoms with Crippen LogP contribution in [0.3, 0.4) is 0 Å². The molecule has 0 aromatic heterocycles. The Morgan fingerprint density at radius 2 is 1.79 bits per heavy atom. The summed E-state index contributed by atoms with van der Waals surface area (Å²) >= 11 is 0. The van der Waals surface area contributed by atoms with Gasteiger partial charge in [-0.1, -0.05) is 26.8 Å². The maximum atomic E-state index is 13.4. The molecular formula is C15H23F2NO. The molecule has 0 amide bonds. The van der Waals surface area contributed by atoms with Crippen LogP contribution in [0.25, 0.3) is 0 Å². The SMILES string of the molecule is CCNC(c1ccc(F)c(F)c1)C(CC)(CC)OC. The van der Waals surface area contributed by atoms with E-state index in [1.807, 2.05) is 20.8 Å². The van der Waals surface area contributed by atoms with Crippen molar-refractivity contribution in [3.63, 3.8) is 0 Å². The molecule has 19 heavy (non-hydrogen) atoms. The minimum atomic E-state index is -0.824. The van der Waals surface area contributed by atoms with E-state index in [-0.39, 0.29) is 6.04 Å². The Kier molecular flexibility index (Phi) is 5.88. The van der Waals surface area contributed by atoms with Crippen LogP contribution in [0, 0.1) is 11.6 Å². The summed E-state index contributed by atoms with van der Waals surface area (Å²) < 4.78 is 32.2. The molecule has 1 atom stereocenters. The zero-order valence-electron chi connectivity index (χ0n) is 12.1. The third kappa shape index (κ3) is 3.31. The van der Waals surface area contributed by atoms with E-state index in [1.165, 1.54) is 12.1 Å². The average molecular weight is 271 g/mol. The van der Waals surface area contributed by atoms with Gasteiger partial charge in [-0.3, -0.25) is 0 Å². The van der Waals surface area contributed by atoms with Crippen LogP contribution in [0.1, 0.15) is 45.2 Å². The molecule has 1 N–H and O–H groups in total. The molecule has 4 heteroatoms. The van der Waals surface area contributed by atoms with E-state index in [1.54, 1.807) is 13.2 Å². The number of likely N-dealkylation sites (N-methyl/N-ethyl adjacent to an activating group) is 1. The van der Waals surface area contributed by atoms with Crippen LogP contribution in [0.4, 0.5) is 8.78 Å². The molecule has 0 aliphatic heterocycles. The van der Waals surface area contributed by atoms with Gasteiger partial charge in [0.15, 0.2) is 11.6 Å². The first-order valence-corrected chi connectivity index (χ1v) is 6.78. The van der Waals surface area contributed by atoms with Gasteiger partial charge < -0.3 is 10.1 Å². The lowest BCUT2D eigenvalue weighted by Gasteiger charge is -2.39. The number of nitrogens with one attached hydrogen (secondary N) is 1. The Hall–Kier alpha value is -1.00. The molecular weight excluding hydrogens is 248 g/mol. The first-order chi connectivity index (χ1) is 9.04. The predicted molar refractivity (Wildman–Crippen MR) is 73.1 cm³/mol. The minimum absolute atomic E-state index is 0.160. The van der Waals surface area contributed by atoms with Gasteiger partial charge in [0, 0.05) is 7.11 Å². The van der Waals surface area contributed by atoms with Gasteiger partial charge in [-0.05, 0) is 37.1 Å². The smallest absolute Gasteiger partial charge is 0.159 e. The predicted octanol–water partition coefficient (Wildman–Crippen LogP) is 3.82. The van der Waals surface area contributed by atoms with E-state index in [9.17, 15) is 8.78 Å². The number of rotatable bonds is 7. The van der Waals surface area contributed by atoms with Crippen molar-refractivity contribution in [3.05, 3.63) is 35.4 Å². The first kappa shape index (κ1) is 16.1. The molecule has 1 rings (SSSR count). The van der Waals surface area contributed by atoms with E-state index in [0.29, 0.717) is 5.56 Å². The molecule has 0 heterocycles. The second-order valence-corrected chi connectivity index (χ2v) is 4.64. The molecule has 0 spiro atoms. The zero-order chi connectivity index (χ0) is 14.5. The molecule has 0 aliphatic carbocycles. The lowest BCUT2D eigenvalue weighted by atomic mass is 9.83. The summed E-state index contributed by atoms with van der Waals surface area (Å²) in [7, 11) is 1.66. The van der Waals surface area contributed by atoms with E-state index < -0.39 is 17.2 Å². The normalized spacial score (nSPS) is 13.6. The van der Waals surface area contributed by atoms with Crippen LogP contribution in [-0.2, 0) is 4.74 Å². The number of hydrogen-bond acceptors (Lipinski definition) is 2. The quantitative estimate of drug-likeness (QED) is 0.814. The van der Waals surface area contributed by atoms with Crippen molar-refractivity contribution in [2.45, 2.75) is 45.3 Å². The maximum absolute atomic E-state index is 13.4. The topological polar surface area (TPSA) is 21.3 Å². The van der Waals surface area contributed by atoms with Crippen LogP contribution in [0.15, 0.2) is 18.2 Å². The van der Waals surface area contributed by atoms with Gasteiger partial charge in [0.2, 0.25) is 0 Å². The van der Waals surface area contributed by atoms with Crippen LogP contribution >= 0.6 is 0 Å². The fourth-order valence-electron chi connectivity index (χ4n) is 2.57.